The highest BCUT2D eigenvalue weighted by Gasteiger charge is 2.20. The number of aromatic nitrogens is 3. The fourth-order valence-electron chi connectivity index (χ4n) is 7.88. The molecular weight excluding hydrogens is 719 g/mol. The highest BCUT2D eigenvalue weighted by molar-refractivity contribution is 7.26. The second-order valence-corrected chi connectivity index (χ2v) is 16.1. The number of fused-ring (bicyclic) bond motifs is 6. The summed E-state index contributed by atoms with van der Waals surface area (Å²) >= 11 is 3.71. The van der Waals surface area contributed by atoms with Crippen molar-refractivity contribution < 1.29 is 0 Å². The molecule has 0 unspecified atom stereocenters. The summed E-state index contributed by atoms with van der Waals surface area (Å²) in [5.41, 5.74) is 10.2. The summed E-state index contributed by atoms with van der Waals surface area (Å²) in [7, 11) is 0. The van der Waals surface area contributed by atoms with Crippen LogP contribution in [0.25, 0.3) is 108 Å². The Morgan fingerprint density at radius 2 is 0.786 bits per heavy atom. The standard InChI is InChI=1S/C51H31N3S2/c1-4-13-32(14-5-1)33-23-25-36(26-24-33)50-52-49(35-17-8-3-9-18-35)53-51(54-50)37-27-28-42-45(31-37)55-44-22-12-20-39(46(42)44)40-30-29-38(34-15-6-2-7-16-34)48-47(40)41-19-10-11-21-43(41)56-48/h1-31H. The van der Waals surface area contributed by atoms with Crippen molar-refractivity contribution in [2.24, 2.45) is 0 Å². The van der Waals surface area contributed by atoms with Crippen molar-refractivity contribution in [2.45, 2.75) is 0 Å². The Bertz CT molecular complexity index is 3220. The van der Waals surface area contributed by atoms with Gasteiger partial charge in [-0.15, -0.1) is 22.7 Å². The van der Waals surface area contributed by atoms with E-state index in [4.69, 9.17) is 15.0 Å². The maximum absolute atomic E-state index is 5.10. The topological polar surface area (TPSA) is 38.7 Å². The van der Waals surface area contributed by atoms with Gasteiger partial charge >= 0.3 is 0 Å². The molecule has 0 atom stereocenters. The zero-order chi connectivity index (χ0) is 37.0. The first-order valence-electron chi connectivity index (χ1n) is 18.7. The third kappa shape index (κ3) is 5.60. The van der Waals surface area contributed by atoms with Crippen molar-refractivity contribution in [2.75, 3.05) is 0 Å². The van der Waals surface area contributed by atoms with Gasteiger partial charge in [-0.1, -0.05) is 170 Å². The molecule has 0 amide bonds. The Morgan fingerprint density at radius 1 is 0.286 bits per heavy atom. The van der Waals surface area contributed by atoms with E-state index in [0.29, 0.717) is 17.5 Å². The fourth-order valence-corrected chi connectivity index (χ4v) is 10.3. The van der Waals surface area contributed by atoms with Gasteiger partial charge in [0.1, 0.15) is 0 Å². The average molecular weight is 750 g/mol. The van der Waals surface area contributed by atoms with E-state index in [1.165, 1.54) is 68.2 Å². The van der Waals surface area contributed by atoms with Crippen molar-refractivity contribution in [1.82, 2.24) is 15.0 Å². The third-order valence-electron chi connectivity index (χ3n) is 10.6. The molecule has 5 heteroatoms. The van der Waals surface area contributed by atoms with Crippen molar-refractivity contribution in [3.8, 4) is 67.5 Å². The Kier molecular flexibility index (Phi) is 7.87. The summed E-state index contributed by atoms with van der Waals surface area (Å²) in [6, 6.07) is 66.7. The van der Waals surface area contributed by atoms with Gasteiger partial charge in [-0.3, -0.25) is 0 Å². The second-order valence-electron chi connectivity index (χ2n) is 13.9. The first-order valence-corrected chi connectivity index (χ1v) is 20.3. The Hall–Kier alpha value is -6.79. The van der Waals surface area contributed by atoms with E-state index in [1.807, 2.05) is 46.9 Å². The Balaban J connectivity index is 1.06. The molecule has 0 radical (unpaired) electrons. The maximum Gasteiger partial charge on any atom is 0.164 e. The molecule has 0 N–H and O–H groups in total. The van der Waals surface area contributed by atoms with Crippen LogP contribution >= 0.6 is 22.7 Å². The predicted molar refractivity (Wildman–Crippen MR) is 238 cm³/mol. The molecule has 0 aliphatic heterocycles. The lowest BCUT2D eigenvalue weighted by molar-refractivity contribution is 1.07. The summed E-state index contributed by atoms with van der Waals surface area (Å²) < 4.78 is 5.09. The molecule has 3 nitrogen and oxygen atoms in total. The molecule has 56 heavy (non-hydrogen) atoms. The molecule has 11 rings (SSSR count). The predicted octanol–water partition coefficient (Wildman–Crippen LogP) is 14.6. The molecule has 3 heterocycles. The van der Waals surface area contributed by atoms with Gasteiger partial charge < -0.3 is 0 Å². The van der Waals surface area contributed by atoms with E-state index in [0.717, 1.165) is 22.3 Å². The minimum atomic E-state index is 0.651. The Morgan fingerprint density at radius 3 is 1.52 bits per heavy atom. The lowest BCUT2D eigenvalue weighted by Gasteiger charge is -2.11. The van der Waals surface area contributed by atoms with Crippen LogP contribution in [0.4, 0.5) is 0 Å². The van der Waals surface area contributed by atoms with Crippen LogP contribution in [0.5, 0.6) is 0 Å². The van der Waals surface area contributed by atoms with Gasteiger partial charge in [0, 0.05) is 57.0 Å². The van der Waals surface area contributed by atoms with Gasteiger partial charge in [0.05, 0.1) is 0 Å². The molecule has 0 aliphatic carbocycles. The largest absolute Gasteiger partial charge is 0.208 e. The molecule has 0 saturated heterocycles. The number of benzene rings is 8. The Labute approximate surface area is 331 Å². The lowest BCUT2D eigenvalue weighted by Crippen LogP contribution is -2.00. The second kappa shape index (κ2) is 13.5. The van der Waals surface area contributed by atoms with Gasteiger partial charge in [0.2, 0.25) is 0 Å². The van der Waals surface area contributed by atoms with Gasteiger partial charge in [-0.05, 0) is 51.6 Å². The number of hydrogen-bond donors (Lipinski definition) is 0. The molecule has 0 saturated carbocycles. The van der Waals surface area contributed by atoms with Crippen LogP contribution in [0.1, 0.15) is 0 Å². The SMILES string of the molecule is c1ccc(-c2ccc(-c3nc(-c4ccccc4)nc(-c4ccc5c(c4)sc4cccc(-c6ccc(-c7ccccc7)c7sc8ccccc8c67)c45)n3)cc2)cc1. The molecule has 3 aromatic heterocycles. The molecule has 262 valence electrons. The van der Waals surface area contributed by atoms with Crippen molar-refractivity contribution in [3.63, 3.8) is 0 Å². The minimum Gasteiger partial charge on any atom is -0.208 e. The van der Waals surface area contributed by atoms with Gasteiger partial charge in [-0.2, -0.15) is 0 Å². The molecule has 0 bridgehead atoms. The molecule has 0 aliphatic rings. The molecule has 0 fully saturated rings. The van der Waals surface area contributed by atoms with Crippen LogP contribution in [0.2, 0.25) is 0 Å². The monoisotopic (exact) mass is 749 g/mol. The van der Waals surface area contributed by atoms with E-state index < -0.39 is 0 Å². The van der Waals surface area contributed by atoms with Crippen molar-refractivity contribution in [1.29, 1.82) is 0 Å². The highest BCUT2D eigenvalue weighted by atomic mass is 32.1. The molecule has 0 spiro atoms. The zero-order valence-electron chi connectivity index (χ0n) is 30.1. The smallest absolute Gasteiger partial charge is 0.164 e. The van der Waals surface area contributed by atoms with Gasteiger partial charge in [-0.25, -0.2) is 15.0 Å². The quantitative estimate of drug-likeness (QED) is 0.170. The zero-order valence-corrected chi connectivity index (χ0v) is 31.7. The van der Waals surface area contributed by atoms with Crippen LogP contribution in [-0.4, -0.2) is 15.0 Å². The number of rotatable bonds is 6. The summed E-state index contributed by atoms with van der Waals surface area (Å²) in [4.78, 5) is 15.2. The van der Waals surface area contributed by atoms with E-state index in [1.54, 1.807) is 0 Å². The number of nitrogens with zero attached hydrogens (tertiary/aromatic N) is 3. The van der Waals surface area contributed by atoms with Crippen LogP contribution in [0.3, 0.4) is 0 Å². The van der Waals surface area contributed by atoms with Crippen LogP contribution in [0.15, 0.2) is 188 Å². The van der Waals surface area contributed by atoms with E-state index in [9.17, 15) is 0 Å². The normalized spacial score (nSPS) is 11.6. The molecule has 11 aromatic rings. The number of hydrogen-bond acceptors (Lipinski definition) is 5. The van der Waals surface area contributed by atoms with Crippen molar-refractivity contribution >= 4 is 63.0 Å². The van der Waals surface area contributed by atoms with Crippen LogP contribution in [0, 0.1) is 0 Å². The third-order valence-corrected chi connectivity index (χ3v) is 12.9. The fraction of sp³-hybridized carbons (Fsp3) is 0. The van der Waals surface area contributed by atoms with E-state index in [-0.39, 0.29) is 0 Å². The first kappa shape index (κ1) is 32.6. The summed E-state index contributed by atoms with van der Waals surface area (Å²) in [6.07, 6.45) is 0. The van der Waals surface area contributed by atoms with Crippen LogP contribution < -0.4 is 0 Å². The molecule has 8 aromatic carbocycles. The van der Waals surface area contributed by atoms with Crippen LogP contribution in [-0.2, 0) is 0 Å². The van der Waals surface area contributed by atoms with Gasteiger partial charge in [0.15, 0.2) is 17.5 Å². The van der Waals surface area contributed by atoms with Gasteiger partial charge in [0.25, 0.3) is 0 Å². The maximum atomic E-state index is 5.10. The van der Waals surface area contributed by atoms with E-state index in [2.05, 4.69) is 164 Å². The number of thiophene rings is 2. The molecular formula is C51H31N3S2. The first-order chi connectivity index (χ1) is 27.7. The van der Waals surface area contributed by atoms with E-state index >= 15 is 0 Å². The summed E-state index contributed by atoms with van der Waals surface area (Å²) in [6.45, 7) is 0. The average Bonchev–Trinajstić information content (AvgIpc) is 3.86. The lowest BCUT2D eigenvalue weighted by atomic mass is 9.92. The summed E-state index contributed by atoms with van der Waals surface area (Å²) in [5, 5.41) is 5.13. The van der Waals surface area contributed by atoms with Crippen molar-refractivity contribution in [3.05, 3.63) is 188 Å². The summed E-state index contributed by atoms with van der Waals surface area (Å²) in [5.74, 6) is 1.96. The highest BCUT2D eigenvalue weighted by Crippen LogP contribution is 2.48. The minimum absolute atomic E-state index is 0.651.